The molecule has 2 bridgehead atoms. The first-order chi connectivity index (χ1) is 60.7. The molecule has 2 aromatic rings. The Kier molecular flexibility index (Phi) is 68.1. The molecule has 0 spiro atoms. The zero-order chi connectivity index (χ0) is 101. The number of carbonyl (C=O) groups is 10. The van der Waals surface area contributed by atoms with Crippen LogP contribution in [0, 0.1) is 125 Å². The summed E-state index contributed by atoms with van der Waals surface area (Å²) in [6, 6.07) is 23.2. The number of rotatable bonds is 38. The zero-order valence-electron chi connectivity index (χ0n) is 84.4. The van der Waals surface area contributed by atoms with Gasteiger partial charge in [0, 0.05) is 30.6 Å². The van der Waals surface area contributed by atoms with Crippen molar-refractivity contribution in [1.82, 2.24) is 0 Å². The summed E-state index contributed by atoms with van der Waals surface area (Å²) in [4.78, 5) is 114. The van der Waals surface area contributed by atoms with E-state index in [-0.39, 0.29) is 137 Å². The van der Waals surface area contributed by atoms with Crippen LogP contribution >= 0.6 is 0 Å². The van der Waals surface area contributed by atoms with E-state index in [2.05, 4.69) is 39.0 Å². The van der Waals surface area contributed by atoms with Crippen LogP contribution in [0.25, 0.3) is 0 Å². The van der Waals surface area contributed by atoms with Crippen molar-refractivity contribution in [2.75, 3.05) is 39.6 Å². The Labute approximate surface area is 782 Å². The molecule has 728 valence electrons. The molecule has 3 aliphatic rings. The number of fused-ring (bicyclic) bond motifs is 2. The number of ether oxygens (including phenoxy) is 10. The van der Waals surface area contributed by atoms with Crippen LogP contribution in [0.4, 0.5) is 0 Å². The number of nitrogens with zero attached hydrogens (tertiary/aromatic N) is 5. The molecule has 3 fully saturated rings. The van der Waals surface area contributed by atoms with Crippen LogP contribution in [0.2, 0.25) is 0 Å². The van der Waals surface area contributed by atoms with Gasteiger partial charge in [-0.1, -0.05) is 168 Å². The number of hydrogen-bond donors (Lipinski definition) is 0. The number of allylic oxidation sites excluding steroid dienone is 1. The highest BCUT2D eigenvalue weighted by Crippen LogP contribution is 2.49. The molecule has 0 saturated heterocycles. The molecule has 3 aliphatic carbocycles. The molecule has 7 atom stereocenters. The van der Waals surface area contributed by atoms with Crippen LogP contribution in [-0.2, 0) is 85.8 Å². The van der Waals surface area contributed by atoms with E-state index in [1.807, 2.05) is 204 Å². The fourth-order valence-electron chi connectivity index (χ4n) is 9.83. The fraction of sp³-hybridized carbons (Fsp3) is 0.648. The van der Waals surface area contributed by atoms with Crippen molar-refractivity contribution in [1.29, 1.82) is 26.3 Å². The van der Waals surface area contributed by atoms with Crippen molar-refractivity contribution in [3.8, 4) is 41.8 Å². The van der Waals surface area contributed by atoms with E-state index in [0.29, 0.717) is 80.2 Å². The average Bonchev–Trinajstić information content (AvgIpc) is 1.64. The molecule has 0 aliphatic heterocycles. The third-order valence-corrected chi connectivity index (χ3v) is 23.1. The number of benzene rings is 2. The van der Waals surface area contributed by atoms with Gasteiger partial charge >= 0.3 is 53.7 Å². The van der Waals surface area contributed by atoms with Crippen LogP contribution in [0.1, 0.15) is 333 Å². The molecule has 3 saturated carbocycles. The van der Waals surface area contributed by atoms with Gasteiger partial charge in [0.15, 0.2) is 5.60 Å². The SMILES string of the molecule is C=C(C)COC(=O)C(C)(C)CC.C=C1C2CCC(C2)C1OC(=O)C(C)(C)CC.C=CCC(=O)C(C)(C)CC.C=CCOC(=O)C(C)(C)CC.C=COCCOC(=O)C(C)CC.CCC(C)(C)C(=O)OCCC#N.CCC(C)(C)C(=O)OCCC#N.CCC(C)C(=O)OC1(C#N)CCCCC1.CCC(C)C(=O)Oc1ccc(C#N)cc1.CCC(C)C(=O)Oc1ccccc1C#N. The van der Waals surface area contributed by atoms with Crippen molar-refractivity contribution in [2.24, 2.45) is 68.0 Å². The second kappa shape index (κ2) is 69.3. The minimum Gasteiger partial charge on any atom is -0.498 e. The van der Waals surface area contributed by atoms with Crippen molar-refractivity contribution >= 4 is 59.5 Å². The molecule has 2 aromatic carbocycles. The predicted molar refractivity (Wildman–Crippen MR) is 509 cm³/mol. The van der Waals surface area contributed by atoms with Crippen LogP contribution < -0.4 is 9.47 Å². The summed E-state index contributed by atoms with van der Waals surface area (Å²) in [5, 5.41) is 42.9. The Morgan fingerprint density at radius 2 is 0.908 bits per heavy atom. The molecule has 0 heterocycles. The first-order valence-corrected chi connectivity index (χ1v) is 45.9. The van der Waals surface area contributed by atoms with Crippen molar-refractivity contribution in [3.63, 3.8) is 0 Å². The molecule has 0 N–H and O–H groups in total. The highest BCUT2D eigenvalue weighted by Gasteiger charge is 2.46. The van der Waals surface area contributed by atoms with Gasteiger partial charge in [0.2, 0.25) is 0 Å². The quantitative estimate of drug-likeness (QED) is 0.0150. The van der Waals surface area contributed by atoms with Gasteiger partial charge in [-0.2, -0.15) is 26.3 Å². The highest BCUT2D eigenvalue weighted by atomic mass is 16.6. The maximum absolute atomic E-state index is 12.0. The van der Waals surface area contributed by atoms with Crippen LogP contribution in [-0.4, -0.2) is 111 Å². The standard InChI is InChI=1S/C14H22O2.2C12H13NO2.C12H19NO2.C10H18O2.2C9H15NO2.C9H16O3.C9H16O2.C9H16O/c1-5-14(3,4)13(15)16-12-9(2)10-6-7-11(12)8-10;1-3-9(2)12(14)15-11-6-4-10(8-13)5-7-11;1-3-9(2)12(14)15-11-7-5-4-6-10(11)8-13;1-3-10(2)11(14)15-12(9-13)7-5-4-6-8-12;1-6-10(4,5)9(11)12-7-8(2)3;2*1-4-9(2,3)8(11)12-7-5-6-10;1-4-8(3)9(10)12-7-6-11-5-2;1-5-7-11-8(10)9(3,4)6-2;1-5-7-8(10)9(3,4)6-2/h10-12H,2,5-8H2,1,3-4H3;2*4-7,9H,3H2,1-2H3;10H,3-8H2,1-2H3;2,6-7H2,1,3-5H3;2*4-5,7H2,1-3H3;5,8H,2,4,6-7H2,1,3H3;5H,1,6-7H2,2-4H3;5H,1,6-7H2,2-4H3. The second-order valence-corrected chi connectivity index (χ2v) is 36.1. The lowest BCUT2D eigenvalue weighted by molar-refractivity contribution is -0.162. The summed E-state index contributed by atoms with van der Waals surface area (Å²) in [6.07, 6.45) is 21.6. The average molecular weight is 1820 g/mol. The van der Waals surface area contributed by atoms with E-state index in [1.165, 1.54) is 25.5 Å². The molecular formula is C105H163N5O20. The summed E-state index contributed by atoms with van der Waals surface area (Å²) in [5.74, 6) is 0.204. The molecule has 130 heavy (non-hydrogen) atoms. The number of para-hydroxylation sites is 1. The maximum atomic E-state index is 12.0. The van der Waals surface area contributed by atoms with Gasteiger partial charge in [-0.25, -0.2) is 0 Å². The first kappa shape index (κ1) is 128. The van der Waals surface area contributed by atoms with Crippen LogP contribution in [0.5, 0.6) is 11.5 Å². The highest BCUT2D eigenvalue weighted by molar-refractivity contribution is 5.85. The summed E-state index contributed by atoms with van der Waals surface area (Å²) < 4.78 is 50.6. The minimum absolute atomic E-state index is 0.0112. The maximum Gasteiger partial charge on any atom is 0.314 e. The number of carbonyl (C=O) groups excluding carboxylic acids is 10. The van der Waals surface area contributed by atoms with E-state index in [9.17, 15) is 47.9 Å². The normalized spacial score (nSPS) is 15.0. The molecule has 0 radical (unpaired) electrons. The van der Waals surface area contributed by atoms with E-state index in [4.69, 9.17) is 73.7 Å². The summed E-state index contributed by atoms with van der Waals surface area (Å²) in [5.41, 5.74) is 0.0672. The fourth-order valence-corrected chi connectivity index (χ4v) is 9.83. The smallest absolute Gasteiger partial charge is 0.314 e. The summed E-state index contributed by atoms with van der Waals surface area (Å²) in [6.45, 7) is 71.3. The van der Waals surface area contributed by atoms with Gasteiger partial charge < -0.3 is 47.4 Å². The molecule has 0 amide bonds. The number of ketones is 1. The molecule has 0 aromatic heterocycles. The van der Waals surface area contributed by atoms with E-state index in [0.717, 1.165) is 94.6 Å². The lowest BCUT2D eigenvalue weighted by Gasteiger charge is -2.31. The van der Waals surface area contributed by atoms with Gasteiger partial charge in [-0.3, -0.25) is 47.9 Å². The predicted octanol–water partition coefficient (Wildman–Crippen LogP) is 23.9. The summed E-state index contributed by atoms with van der Waals surface area (Å²) >= 11 is 0. The number of nitriles is 5. The Morgan fingerprint density at radius 1 is 0.485 bits per heavy atom. The third-order valence-electron chi connectivity index (χ3n) is 23.1. The van der Waals surface area contributed by atoms with Gasteiger partial charge in [-0.05, 0) is 226 Å². The largest absolute Gasteiger partial charge is 0.498 e. The monoisotopic (exact) mass is 1810 g/mol. The Bertz CT molecular complexity index is 3950. The number of Topliss-reactive ketones (excluding diaryl/α,β-unsaturated/α-hetero) is 1. The lowest BCUT2D eigenvalue weighted by Crippen LogP contribution is -2.37. The van der Waals surface area contributed by atoms with E-state index < -0.39 is 16.4 Å². The zero-order valence-corrected chi connectivity index (χ0v) is 84.4. The van der Waals surface area contributed by atoms with Gasteiger partial charge in [0.1, 0.15) is 75.2 Å². The van der Waals surface area contributed by atoms with E-state index in [1.54, 1.807) is 67.6 Å². The lowest BCUT2D eigenvalue weighted by atomic mass is 9.84. The van der Waals surface area contributed by atoms with Crippen molar-refractivity contribution in [3.05, 3.63) is 122 Å². The number of esters is 9. The number of hydrogen-bond acceptors (Lipinski definition) is 25. The molecule has 7 unspecified atom stereocenters. The summed E-state index contributed by atoms with van der Waals surface area (Å²) in [7, 11) is 0. The Hall–Kier alpha value is -10.7. The Balaban J connectivity index is -0.000000447. The molecular weight excluding hydrogens is 1650 g/mol. The van der Waals surface area contributed by atoms with Gasteiger partial charge in [-0.15, -0.1) is 6.58 Å². The molecule has 25 nitrogen and oxygen atoms in total. The van der Waals surface area contributed by atoms with Crippen molar-refractivity contribution in [2.45, 2.75) is 333 Å². The molecule has 5 rings (SSSR count). The Morgan fingerprint density at radius 3 is 1.29 bits per heavy atom. The second-order valence-electron chi connectivity index (χ2n) is 36.1. The topological polar surface area (TPSA) is 382 Å². The van der Waals surface area contributed by atoms with Gasteiger partial charge in [0.05, 0.1) is 99.2 Å². The van der Waals surface area contributed by atoms with E-state index >= 15 is 0 Å². The molecule has 25 heteroatoms. The van der Waals surface area contributed by atoms with Gasteiger partial charge in [0.25, 0.3) is 0 Å². The third kappa shape index (κ3) is 54.1. The van der Waals surface area contributed by atoms with Crippen LogP contribution in [0.3, 0.4) is 0 Å². The van der Waals surface area contributed by atoms with Crippen molar-refractivity contribution < 1.29 is 95.3 Å². The first-order valence-electron chi connectivity index (χ1n) is 45.9. The van der Waals surface area contributed by atoms with Crippen LogP contribution in [0.15, 0.2) is 111 Å². The minimum atomic E-state index is -0.821.